The van der Waals surface area contributed by atoms with Crippen molar-refractivity contribution in [1.82, 2.24) is 0 Å². The van der Waals surface area contributed by atoms with Gasteiger partial charge in [-0.05, 0) is 80.1 Å². The van der Waals surface area contributed by atoms with Gasteiger partial charge in [-0.15, -0.1) is 0 Å². The minimum Gasteiger partial charge on any atom is -0.487 e. The Labute approximate surface area is 172 Å². The van der Waals surface area contributed by atoms with Crippen molar-refractivity contribution in [1.29, 1.82) is 0 Å². The average molecular weight is 390 g/mol. The topological polar surface area (TPSA) is 9.23 Å². The van der Waals surface area contributed by atoms with Crippen LogP contribution in [0.3, 0.4) is 0 Å². The van der Waals surface area contributed by atoms with Crippen LogP contribution in [0.1, 0.15) is 39.5 Å². The summed E-state index contributed by atoms with van der Waals surface area (Å²) < 4.78 is 6.57. The molecule has 1 aliphatic carbocycles. The zero-order chi connectivity index (χ0) is 19.4. The van der Waals surface area contributed by atoms with E-state index in [1.807, 2.05) is 0 Å². The predicted octanol–water partition coefficient (Wildman–Crippen LogP) is 7.13. The molecular weight excluding hydrogens is 360 g/mol. The van der Waals surface area contributed by atoms with E-state index in [1.54, 1.807) is 0 Å². The number of benzene rings is 3. The van der Waals surface area contributed by atoms with Gasteiger partial charge in [0.1, 0.15) is 11.4 Å². The van der Waals surface area contributed by atoms with Gasteiger partial charge < -0.3 is 4.74 Å². The molecule has 0 bridgehead atoms. The second kappa shape index (κ2) is 8.45. The first kappa shape index (κ1) is 19.1. The molecule has 0 radical (unpaired) electrons. The Morgan fingerprint density at radius 3 is 1.61 bits per heavy atom. The first-order valence-electron chi connectivity index (χ1n) is 10.3. The quantitative estimate of drug-likeness (QED) is 0.407. The molecule has 0 aromatic heterocycles. The molecule has 0 unspecified atom stereocenters. The van der Waals surface area contributed by atoms with Crippen LogP contribution >= 0.6 is 0 Å². The normalized spacial score (nSPS) is 15.9. The molecule has 0 saturated heterocycles. The Hall–Kier alpha value is -2.19. The van der Waals surface area contributed by atoms with E-state index in [0.29, 0.717) is 5.92 Å². The number of hydrogen-bond donors (Lipinski definition) is 0. The summed E-state index contributed by atoms with van der Waals surface area (Å²) in [5.41, 5.74) is 0.0159. The van der Waals surface area contributed by atoms with Crippen LogP contribution in [0.15, 0.2) is 99.6 Å². The lowest BCUT2D eigenvalue weighted by atomic mass is 9.88. The fourth-order valence-electron chi connectivity index (χ4n) is 4.17. The average Bonchev–Trinajstić information content (AvgIpc) is 3.21. The first-order chi connectivity index (χ1) is 13.7. The molecule has 1 saturated carbocycles. The molecule has 1 nitrogen and oxygen atoms in total. The van der Waals surface area contributed by atoms with Crippen molar-refractivity contribution in [3.63, 3.8) is 0 Å². The van der Waals surface area contributed by atoms with Gasteiger partial charge in [0.25, 0.3) is 0 Å². The van der Waals surface area contributed by atoms with E-state index in [4.69, 9.17) is 4.74 Å². The fourth-order valence-corrected chi connectivity index (χ4v) is 6.25. The Balaban J connectivity index is 1.64. The van der Waals surface area contributed by atoms with Gasteiger partial charge in [-0.25, -0.2) is 0 Å². The van der Waals surface area contributed by atoms with Crippen molar-refractivity contribution in [2.24, 2.45) is 5.92 Å². The monoisotopic (exact) mass is 389 g/mol. The van der Waals surface area contributed by atoms with Crippen LogP contribution in [0.4, 0.5) is 0 Å². The molecule has 0 spiro atoms. The van der Waals surface area contributed by atoms with Crippen LogP contribution < -0.4 is 4.74 Å². The van der Waals surface area contributed by atoms with E-state index in [0.717, 1.165) is 5.75 Å². The molecule has 0 heterocycles. The lowest BCUT2D eigenvalue weighted by Gasteiger charge is -2.34. The second-order valence-corrected chi connectivity index (χ2v) is 9.96. The molecule has 0 amide bonds. The van der Waals surface area contributed by atoms with Gasteiger partial charge in [0.05, 0.1) is 10.9 Å². The standard InChI is InChI=1S/C26H29OS/c1-21(2)26(19-9-10-20-26)27-22-15-17-25(18-16-22)28(23-11-5-3-6-12-23)24-13-7-4-8-14-24/h3-8,11-18,21H,9-10,19-20H2,1-2H3/q+1. The molecule has 0 atom stereocenters. The van der Waals surface area contributed by atoms with Crippen molar-refractivity contribution in [3.8, 4) is 5.75 Å². The van der Waals surface area contributed by atoms with Gasteiger partial charge in [0, 0.05) is 0 Å². The zero-order valence-electron chi connectivity index (χ0n) is 16.8. The summed E-state index contributed by atoms with van der Waals surface area (Å²) in [5.74, 6) is 1.54. The van der Waals surface area contributed by atoms with Crippen LogP contribution in [0.25, 0.3) is 0 Å². The van der Waals surface area contributed by atoms with E-state index >= 15 is 0 Å². The lowest BCUT2D eigenvalue weighted by molar-refractivity contribution is 0.0288. The fraction of sp³-hybridized carbons (Fsp3) is 0.308. The highest BCUT2D eigenvalue weighted by Gasteiger charge is 2.39. The smallest absolute Gasteiger partial charge is 0.166 e. The number of rotatable bonds is 6. The Kier molecular flexibility index (Phi) is 5.77. The zero-order valence-corrected chi connectivity index (χ0v) is 17.6. The third-order valence-corrected chi connectivity index (χ3v) is 8.07. The van der Waals surface area contributed by atoms with Crippen molar-refractivity contribution >= 4 is 10.9 Å². The van der Waals surface area contributed by atoms with Gasteiger partial charge in [0.15, 0.2) is 14.7 Å². The largest absolute Gasteiger partial charge is 0.487 e. The lowest BCUT2D eigenvalue weighted by Crippen LogP contribution is -2.38. The van der Waals surface area contributed by atoms with Crippen LogP contribution in [0.5, 0.6) is 5.75 Å². The van der Waals surface area contributed by atoms with Crippen LogP contribution in [0.2, 0.25) is 0 Å². The third kappa shape index (κ3) is 3.98. The summed E-state index contributed by atoms with van der Waals surface area (Å²) in [7, 11) is -0.102. The maximum atomic E-state index is 6.57. The maximum absolute atomic E-state index is 6.57. The maximum Gasteiger partial charge on any atom is 0.166 e. The summed E-state index contributed by atoms with van der Waals surface area (Å²) in [6, 6.07) is 30.4. The first-order valence-corrected chi connectivity index (χ1v) is 11.5. The van der Waals surface area contributed by atoms with Crippen molar-refractivity contribution in [2.75, 3.05) is 0 Å². The van der Waals surface area contributed by atoms with E-state index < -0.39 is 0 Å². The summed E-state index contributed by atoms with van der Waals surface area (Å²) >= 11 is 0. The highest BCUT2D eigenvalue weighted by Crippen LogP contribution is 2.40. The van der Waals surface area contributed by atoms with E-state index in [-0.39, 0.29) is 16.5 Å². The molecule has 28 heavy (non-hydrogen) atoms. The molecule has 1 aliphatic rings. The molecular formula is C26H29OS+. The van der Waals surface area contributed by atoms with Crippen LogP contribution in [-0.4, -0.2) is 5.60 Å². The second-order valence-electron chi connectivity index (χ2n) is 7.93. The molecule has 2 heteroatoms. The van der Waals surface area contributed by atoms with Gasteiger partial charge in [0.2, 0.25) is 0 Å². The Morgan fingerprint density at radius 1 is 0.679 bits per heavy atom. The number of hydrogen-bond acceptors (Lipinski definition) is 1. The SMILES string of the molecule is CC(C)C1(Oc2ccc([S+](c3ccccc3)c3ccccc3)cc2)CCCC1. The van der Waals surface area contributed by atoms with E-state index in [1.165, 1.54) is 40.4 Å². The minimum absolute atomic E-state index is 0.0159. The van der Waals surface area contributed by atoms with Gasteiger partial charge >= 0.3 is 0 Å². The van der Waals surface area contributed by atoms with Crippen molar-refractivity contribution < 1.29 is 4.74 Å². The molecule has 144 valence electrons. The minimum atomic E-state index is -0.102. The molecule has 3 aromatic carbocycles. The molecule has 0 N–H and O–H groups in total. The van der Waals surface area contributed by atoms with Gasteiger partial charge in [-0.1, -0.05) is 50.2 Å². The predicted molar refractivity (Wildman–Crippen MR) is 118 cm³/mol. The van der Waals surface area contributed by atoms with Crippen molar-refractivity contribution in [3.05, 3.63) is 84.9 Å². The molecule has 3 aromatic rings. The van der Waals surface area contributed by atoms with E-state index in [9.17, 15) is 0 Å². The van der Waals surface area contributed by atoms with Crippen LogP contribution in [0, 0.1) is 5.92 Å². The van der Waals surface area contributed by atoms with E-state index in [2.05, 4.69) is 98.8 Å². The third-order valence-electron chi connectivity index (χ3n) is 5.84. The van der Waals surface area contributed by atoms with Gasteiger partial charge in [-0.3, -0.25) is 0 Å². The number of ether oxygens (including phenoxy) is 1. The summed E-state index contributed by atoms with van der Waals surface area (Å²) in [4.78, 5) is 4.02. The Morgan fingerprint density at radius 2 is 1.14 bits per heavy atom. The molecule has 0 aliphatic heterocycles. The van der Waals surface area contributed by atoms with Crippen LogP contribution in [-0.2, 0) is 10.9 Å². The summed E-state index contributed by atoms with van der Waals surface area (Å²) in [6.07, 6.45) is 4.90. The van der Waals surface area contributed by atoms with Crippen molar-refractivity contribution in [2.45, 2.75) is 59.8 Å². The molecule has 4 rings (SSSR count). The highest BCUT2D eigenvalue weighted by atomic mass is 32.2. The van der Waals surface area contributed by atoms with Gasteiger partial charge in [-0.2, -0.15) is 0 Å². The highest BCUT2D eigenvalue weighted by molar-refractivity contribution is 7.97. The Bertz CT molecular complexity index is 826. The summed E-state index contributed by atoms with van der Waals surface area (Å²) in [5, 5.41) is 0. The summed E-state index contributed by atoms with van der Waals surface area (Å²) in [6.45, 7) is 4.59. The molecule has 1 fully saturated rings.